The van der Waals surface area contributed by atoms with E-state index < -0.39 is 0 Å². The maximum atomic E-state index is 6.10. The Morgan fingerprint density at radius 1 is 1.50 bits per heavy atom. The summed E-state index contributed by atoms with van der Waals surface area (Å²) in [4.78, 5) is 1.48. The molecule has 0 amide bonds. The molecule has 2 aliphatic rings. The van der Waals surface area contributed by atoms with E-state index in [-0.39, 0.29) is 11.0 Å². The molecule has 3 heterocycles. The summed E-state index contributed by atoms with van der Waals surface area (Å²) in [5, 5.41) is 6.00. The molecule has 2 fully saturated rings. The number of rotatable bonds is 4. The van der Waals surface area contributed by atoms with Crippen LogP contribution in [0, 0.1) is 0 Å². The van der Waals surface area contributed by atoms with Crippen molar-refractivity contribution in [1.29, 1.82) is 0 Å². The summed E-state index contributed by atoms with van der Waals surface area (Å²) in [6.07, 6.45) is 3.59. The fraction of sp³-hybridized carbons (Fsp3) is 0.750. The van der Waals surface area contributed by atoms with Crippen molar-refractivity contribution >= 4 is 23.1 Å². The summed E-state index contributed by atoms with van der Waals surface area (Å²) < 4.78 is 6.10. The molecular weight excluding hydrogens is 286 g/mol. The Morgan fingerprint density at radius 3 is 3.10 bits per heavy atom. The van der Waals surface area contributed by atoms with Crippen LogP contribution < -0.4 is 5.32 Å². The zero-order valence-corrected chi connectivity index (χ0v) is 14.1. The van der Waals surface area contributed by atoms with Crippen LogP contribution in [0.25, 0.3) is 0 Å². The minimum Gasteiger partial charge on any atom is -0.374 e. The first-order chi connectivity index (χ1) is 9.60. The molecular formula is C16H25NOS2. The lowest BCUT2D eigenvalue weighted by Crippen LogP contribution is -2.49. The molecule has 0 bridgehead atoms. The van der Waals surface area contributed by atoms with E-state index in [0.717, 1.165) is 19.6 Å². The van der Waals surface area contributed by atoms with Crippen LogP contribution in [0.2, 0.25) is 0 Å². The van der Waals surface area contributed by atoms with Crippen molar-refractivity contribution in [3.05, 3.63) is 22.4 Å². The van der Waals surface area contributed by atoms with Gasteiger partial charge in [0.15, 0.2) is 0 Å². The summed E-state index contributed by atoms with van der Waals surface area (Å²) in [6.45, 7) is 6.66. The first-order valence-corrected chi connectivity index (χ1v) is 9.62. The number of hydrogen-bond donors (Lipinski definition) is 1. The van der Waals surface area contributed by atoms with E-state index in [4.69, 9.17) is 4.74 Å². The molecule has 2 saturated heterocycles. The molecule has 0 aromatic carbocycles. The number of thiophene rings is 1. The normalized spacial score (nSPS) is 31.0. The van der Waals surface area contributed by atoms with E-state index in [1.54, 1.807) is 0 Å². The van der Waals surface area contributed by atoms with E-state index in [1.165, 1.54) is 29.2 Å². The third-order valence-electron chi connectivity index (χ3n) is 4.58. The van der Waals surface area contributed by atoms with Crippen LogP contribution in [0.1, 0.15) is 38.0 Å². The highest BCUT2D eigenvalue weighted by Gasteiger charge is 2.40. The highest BCUT2D eigenvalue weighted by atomic mass is 32.2. The molecule has 0 aliphatic carbocycles. The van der Waals surface area contributed by atoms with Crippen LogP contribution in [0.4, 0.5) is 0 Å². The molecule has 1 N–H and O–H groups in total. The summed E-state index contributed by atoms with van der Waals surface area (Å²) in [7, 11) is 0. The summed E-state index contributed by atoms with van der Waals surface area (Å²) >= 11 is 3.92. The summed E-state index contributed by atoms with van der Waals surface area (Å²) in [5.74, 6) is 2.47. The number of thioether (sulfide) groups is 1. The lowest BCUT2D eigenvalue weighted by atomic mass is 9.87. The van der Waals surface area contributed by atoms with Gasteiger partial charge in [-0.1, -0.05) is 19.9 Å². The molecule has 2 atom stereocenters. The van der Waals surface area contributed by atoms with Gasteiger partial charge in [-0.2, -0.15) is 11.8 Å². The van der Waals surface area contributed by atoms with Crippen molar-refractivity contribution in [2.24, 2.45) is 0 Å². The van der Waals surface area contributed by atoms with Crippen molar-refractivity contribution in [2.75, 3.05) is 24.7 Å². The predicted molar refractivity (Wildman–Crippen MR) is 89.0 cm³/mol. The number of nitrogens with one attached hydrogen (secondary N) is 1. The molecule has 3 rings (SSSR count). The first-order valence-electron chi connectivity index (χ1n) is 7.59. The molecule has 1 aromatic heterocycles. The topological polar surface area (TPSA) is 21.3 Å². The van der Waals surface area contributed by atoms with Crippen LogP contribution >= 0.6 is 23.1 Å². The first kappa shape index (κ1) is 14.9. The Balaban J connectivity index is 1.55. The fourth-order valence-corrected chi connectivity index (χ4v) is 5.45. The van der Waals surface area contributed by atoms with E-state index in [2.05, 4.69) is 48.4 Å². The molecule has 2 unspecified atom stereocenters. The Bertz CT molecular complexity index is 424. The zero-order valence-electron chi connectivity index (χ0n) is 12.5. The minimum absolute atomic E-state index is 0.188. The Labute approximate surface area is 130 Å². The van der Waals surface area contributed by atoms with Gasteiger partial charge in [-0.15, -0.1) is 11.3 Å². The summed E-state index contributed by atoms with van der Waals surface area (Å²) in [6, 6.07) is 5.04. The monoisotopic (exact) mass is 311 g/mol. The SMILES string of the molecule is CC(C)(CNC1CCOC2(CCSC2)C1)c1cccs1. The maximum Gasteiger partial charge on any atom is 0.0795 e. The van der Waals surface area contributed by atoms with Crippen molar-refractivity contribution < 1.29 is 4.74 Å². The smallest absolute Gasteiger partial charge is 0.0795 e. The van der Waals surface area contributed by atoms with Crippen molar-refractivity contribution in [3.8, 4) is 0 Å². The number of hydrogen-bond acceptors (Lipinski definition) is 4. The molecule has 112 valence electrons. The highest BCUT2D eigenvalue weighted by molar-refractivity contribution is 7.99. The standard InChI is InChI=1S/C16H25NOS2/c1-15(2,14-4-3-8-20-14)11-17-13-5-7-18-16(10-13)6-9-19-12-16/h3-4,8,13,17H,5-7,9-12H2,1-2H3. The molecule has 1 aromatic rings. The van der Waals surface area contributed by atoms with Crippen molar-refractivity contribution in [2.45, 2.75) is 50.2 Å². The van der Waals surface area contributed by atoms with Crippen LogP contribution in [-0.4, -0.2) is 36.3 Å². The Hall–Kier alpha value is -0.0300. The van der Waals surface area contributed by atoms with Crippen molar-refractivity contribution in [1.82, 2.24) is 5.32 Å². The Morgan fingerprint density at radius 2 is 2.40 bits per heavy atom. The van der Waals surface area contributed by atoms with Gasteiger partial charge in [0.25, 0.3) is 0 Å². The average Bonchev–Trinajstić information content (AvgIpc) is 3.09. The van der Waals surface area contributed by atoms with Gasteiger partial charge in [-0.05, 0) is 36.5 Å². The summed E-state index contributed by atoms with van der Waals surface area (Å²) in [5.41, 5.74) is 0.414. The van der Waals surface area contributed by atoms with Crippen LogP contribution in [-0.2, 0) is 10.2 Å². The van der Waals surface area contributed by atoms with Gasteiger partial charge in [-0.3, -0.25) is 0 Å². The molecule has 2 nitrogen and oxygen atoms in total. The lowest BCUT2D eigenvalue weighted by Gasteiger charge is -2.39. The maximum absolute atomic E-state index is 6.10. The predicted octanol–water partition coefficient (Wildman–Crippen LogP) is 3.67. The second-order valence-corrected chi connectivity index (χ2v) is 8.82. The van der Waals surface area contributed by atoms with E-state index >= 15 is 0 Å². The van der Waals surface area contributed by atoms with Gasteiger partial charge < -0.3 is 10.1 Å². The van der Waals surface area contributed by atoms with Gasteiger partial charge in [0.2, 0.25) is 0 Å². The molecule has 0 radical (unpaired) electrons. The largest absolute Gasteiger partial charge is 0.374 e. The van der Waals surface area contributed by atoms with Gasteiger partial charge in [0.1, 0.15) is 0 Å². The quantitative estimate of drug-likeness (QED) is 0.917. The van der Waals surface area contributed by atoms with Crippen LogP contribution in [0.3, 0.4) is 0 Å². The molecule has 1 spiro atoms. The van der Waals surface area contributed by atoms with E-state index in [1.807, 2.05) is 11.3 Å². The molecule has 20 heavy (non-hydrogen) atoms. The second kappa shape index (κ2) is 5.99. The fourth-order valence-electron chi connectivity index (χ4n) is 3.22. The molecule has 4 heteroatoms. The molecule has 0 saturated carbocycles. The third-order valence-corrected chi connectivity index (χ3v) is 7.04. The van der Waals surface area contributed by atoms with Crippen LogP contribution in [0.5, 0.6) is 0 Å². The van der Waals surface area contributed by atoms with Gasteiger partial charge in [0.05, 0.1) is 5.60 Å². The van der Waals surface area contributed by atoms with Crippen molar-refractivity contribution in [3.63, 3.8) is 0 Å². The second-order valence-electron chi connectivity index (χ2n) is 6.77. The molecule has 2 aliphatic heterocycles. The van der Waals surface area contributed by atoms with E-state index in [9.17, 15) is 0 Å². The van der Waals surface area contributed by atoms with Crippen LogP contribution in [0.15, 0.2) is 17.5 Å². The van der Waals surface area contributed by atoms with Gasteiger partial charge in [0, 0.05) is 35.2 Å². The van der Waals surface area contributed by atoms with Gasteiger partial charge in [-0.25, -0.2) is 0 Å². The zero-order chi connectivity index (χ0) is 14.1. The van der Waals surface area contributed by atoms with E-state index in [0.29, 0.717) is 6.04 Å². The lowest BCUT2D eigenvalue weighted by molar-refractivity contribution is -0.0704. The Kier molecular flexibility index (Phi) is 4.46. The number of ether oxygens (including phenoxy) is 1. The van der Waals surface area contributed by atoms with Gasteiger partial charge >= 0.3 is 0 Å². The average molecular weight is 312 g/mol. The third kappa shape index (κ3) is 3.24. The highest BCUT2D eigenvalue weighted by Crippen LogP contribution is 2.38. The minimum atomic E-state index is 0.188.